The maximum Gasteiger partial charge on any atom is 0.416 e. The molecule has 0 aromatic heterocycles. The number of hydrogen-bond donors (Lipinski definition) is 2. The fraction of sp³-hybridized carbons (Fsp3) is 0.435. The predicted molar refractivity (Wildman–Crippen MR) is 129 cm³/mol. The van der Waals surface area contributed by atoms with Crippen LogP contribution in [-0.4, -0.2) is 61.0 Å². The summed E-state index contributed by atoms with van der Waals surface area (Å²) >= 11 is 6.21. The highest BCUT2D eigenvalue weighted by Crippen LogP contribution is 2.34. The van der Waals surface area contributed by atoms with Gasteiger partial charge >= 0.3 is 6.18 Å². The number of carbonyl (C=O) groups excluding carboxylic acids is 1. The Morgan fingerprint density at radius 2 is 2.03 bits per heavy atom. The number of aliphatic imine (C=N–C) groups is 1. The normalized spacial score (nSPS) is 14.9. The van der Waals surface area contributed by atoms with E-state index in [1.165, 1.54) is 18.3 Å². The highest BCUT2D eigenvalue weighted by molar-refractivity contribution is 6.30. The summed E-state index contributed by atoms with van der Waals surface area (Å²) < 4.78 is 40.5. The first kappa shape index (κ1) is 29.2. The number of nitrogens with one attached hydrogen (secondary N) is 1. The maximum absolute atomic E-state index is 13.5. The Morgan fingerprint density at radius 3 is 2.59 bits per heavy atom. The molecule has 1 aromatic carbocycles. The molecule has 1 aliphatic heterocycles. The van der Waals surface area contributed by atoms with Crippen molar-refractivity contribution in [3.05, 3.63) is 57.5 Å². The van der Waals surface area contributed by atoms with Crippen LogP contribution in [0.1, 0.15) is 37.8 Å². The molecule has 2 N–H and O–H groups in total. The van der Waals surface area contributed by atoms with E-state index in [2.05, 4.69) is 22.2 Å². The number of aliphatic hydroxyl groups is 1. The van der Waals surface area contributed by atoms with Crippen molar-refractivity contribution in [2.24, 2.45) is 10.1 Å². The van der Waals surface area contributed by atoms with Crippen molar-refractivity contribution >= 4 is 30.9 Å². The number of hydrazone groups is 1. The van der Waals surface area contributed by atoms with Gasteiger partial charge in [0.2, 0.25) is 6.41 Å². The van der Waals surface area contributed by atoms with Gasteiger partial charge < -0.3 is 14.9 Å². The monoisotopic (exact) mass is 501 g/mol. The van der Waals surface area contributed by atoms with Crippen LogP contribution in [0, 0.1) is 0 Å². The van der Waals surface area contributed by atoms with Crippen LogP contribution in [0.4, 0.5) is 13.2 Å². The van der Waals surface area contributed by atoms with E-state index in [-0.39, 0.29) is 12.1 Å². The number of alkyl halides is 3. The van der Waals surface area contributed by atoms with Crippen molar-refractivity contribution in [2.75, 3.05) is 26.7 Å². The largest absolute Gasteiger partial charge is 0.416 e. The smallest absolute Gasteiger partial charge is 0.400 e. The molecular formula is C23H31ClF3N5O2. The minimum absolute atomic E-state index is 0.125. The topological polar surface area (TPSA) is 80.5 Å². The minimum atomic E-state index is -4.42. The molecule has 11 heteroatoms. The van der Waals surface area contributed by atoms with Crippen molar-refractivity contribution in [2.45, 2.75) is 39.4 Å². The van der Waals surface area contributed by atoms with Gasteiger partial charge in [0.1, 0.15) is 0 Å². The third-order valence-electron chi connectivity index (χ3n) is 5.05. The first-order chi connectivity index (χ1) is 16.2. The van der Waals surface area contributed by atoms with Crippen LogP contribution in [0.15, 0.2) is 56.5 Å². The van der Waals surface area contributed by atoms with Crippen LogP contribution >= 0.6 is 11.6 Å². The van der Waals surface area contributed by atoms with Gasteiger partial charge in [0.25, 0.3) is 0 Å². The third kappa shape index (κ3) is 8.18. The van der Waals surface area contributed by atoms with Crippen molar-refractivity contribution < 1.29 is 23.1 Å². The molecule has 0 aliphatic carbocycles. The van der Waals surface area contributed by atoms with E-state index >= 15 is 0 Å². The fourth-order valence-corrected chi connectivity index (χ4v) is 3.83. The second-order valence-corrected chi connectivity index (χ2v) is 7.79. The molecule has 1 amide bonds. The van der Waals surface area contributed by atoms with E-state index in [1.807, 2.05) is 16.7 Å². The molecule has 0 saturated heterocycles. The van der Waals surface area contributed by atoms with Crippen LogP contribution in [-0.2, 0) is 17.5 Å². The summed E-state index contributed by atoms with van der Waals surface area (Å²) in [5.74, 6) is 0. The van der Waals surface area contributed by atoms with Crippen molar-refractivity contribution in [3.8, 4) is 0 Å². The van der Waals surface area contributed by atoms with Crippen molar-refractivity contribution in [1.29, 1.82) is 0 Å². The zero-order chi connectivity index (χ0) is 25.7. The number of amides is 1. The standard InChI is InChI=1S/C22H27ClF3N5O.CH4O/c1-4-10-30(13-17-7-5-6-8-18(17)22(24,25)26)20-9-11-31(14-19(20)27-3)21(16(2)23)12-28-29-15-32;1-2/h5-8,12,15H,3-4,9-11,13-14H2,1-2H3,(H,29,32);2H,1H3/b21-16-,28-12-;. The van der Waals surface area contributed by atoms with Crippen molar-refractivity contribution in [1.82, 2.24) is 15.2 Å². The Bertz CT molecular complexity index is 912. The van der Waals surface area contributed by atoms with Gasteiger partial charge in [-0.05, 0) is 31.7 Å². The highest BCUT2D eigenvalue weighted by atomic mass is 35.5. The SMILES string of the molecule is C=NC1=C(N(CCC)Cc2ccccc2C(F)(F)F)CCN(C(/C=N\NC=O)=C(/C)Cl)C1.CO. The van der Waals surface area contributed by atoms with Crippen LogP contribution in [0.2, 0.25) is 0 Å². The molecule has 0 spiro atoms. The minimum Gasteiger partial charge on any atom is -0.400 e. The fourth-order valence-electron chi connectivity index (χ4n) is 3.66. The number of carbonyl (C=O) groups is 1. The van der Waals surface area contributed by atoms with Crippen LogP contribution in [0.25, 0.3) is 0 Å². The summed E-state index contributed by atoms with van der Waals surface area (Å²) in [6, 6.07) is 5.63. The van der Waals surface area contributed by atoms with E-state index in [9.17, 15) is 18.0 Å². The molecule has 0 atom stereocenters. The number of halogens is 4. The molecule has 188 valence electrons. The Balaban J connectivity index is 0.00000281. The lowest BCUT2D eigenvalue weighted by Crippen LogP contribution is -2.37. The number of allylic oxidation sites excluding steroid dienone is 2. The molecule has 0 unspecified atom stereocenters. The first-order valence-corrected chi connectivity index (χ1v) is 11.0. The zero-order valence-electron chi connectivity index (χ0n) is 19.6. The second kappa shape index (κ2) is 14.4. The quantitative estimate of drug-likeness (QED) is 0.284. The summed E-state index contributed by atoms with van der Waals surface area (Å²) in [5.41, 5.74) is 3.95. The molecule has 1 aromatic rings. The van der Waals surface area contributed by atoms with E-state index in [1.54, 1.807) is 13.0 Å². The van der Waals surface area contributed by atoms with Crippen molar-refractivity contribution in [3.63, 3.8) is 0 Å². The first-order valence-electron chi connectivity index (χ1n) is 10.6. The molecular weight excluding hydrogens is 471 g/mol. The average Bonchev–Trinajstić information content (AvgIpc) is 2.82. The summed E-state index contributed by atoms with van der Waals surface area (Å²) in [7, 11) is 1.00. The zero-order valence-corrected chi connectivity index (χ0v) is 20.3. The predicted octanol–water partition coefficient (Wildman–Crippen LogP) is 4.35. The van der Waals surface area contributed by atoms with E-state index in [4.69, 9.17) is 16.7 Å². The summed E-state index contributed by atoms with van der Waals surface area (Å²) in [4.78, 5) is 18.5. The molecule has 0 fully saturated rings. The van der Waals surface area contributed by atoms with Gasteiger partial charge in [-0.1, -0.05) is 36.7 Å². The van der Waals surface area contributed by atoms with Gasteiger partial charge in [0.05, 0.1) is 29.7 Å². The molecule has 34 heavy (non-hydrogen) atoms. The summed E-state index contributed by atoms with van der Waals surface area (Å²) in [6.07, 6.45) is -1.21. The Kier molecular flexibility index (Phi) is 12.4. The molecule has 2 rings (SSSR count). The number of aliphatic hydroxyl groups excluding tert-OH is 1. The Morgan fingerprint density at radius 1 is 1.35 bits per heavy atom. The molecule has 0 radical (unpaired) electrons. The number of rotatable bonds is 10. The van der Waals surface area contributed by atoms with Crippen LogP contribution in [0.5, 0.6) is 0 Å². The Hall–Kier alpha value is -2.85. The van der Waals surface area contributed by atoms with E-state index < -0.39 is 11.7 Å². The molecule has 7 nitrogen and oxygen atoms in total. The maximum atomic E-state index is 13.5. The summed E-state index contributed by atoms with van der Waals surface area (Å²) in [6.45, 7) is 9.00. The number of nitrogens with zero attached hydrogens (tertiary/aromatic N) is 4. The summed E-state index contributed by atoms with van der Waals surface area (Å²) in [5, 5.41) is 11.3. The third-order valence-corrected chi connectivity index (χ3v) is 5.24. The lowest BCUT2D eigenvalue weighted by molar-refractivity contribution is -0.138. The van der Waals surface area contributed by atoms with Gasteiger partial charge in [-0.25, -0.2) is 5.43 Å². The Labute approximate surface area is 203 Å². The van der Waals surface area contributed by atoms with Gasteiger partial charge in [-0.15, -0.1) is 0 Å². The van der Waals surface area contributed by atoms with E-state index in [0.717, 1.165) is 25.3 Å². The van der Waals surface area contributed by atoms with Gasteiger partial charge in [-0.2, -0.15) is 18.3 Å². The van der Waals surface area contributed by atoms with Crippen LogP contribution < -0.4 is 5.43 Å². The van der Waals surface area contributed by atoms with Gasteiger partial charge in [-0.3, -0.25) is 9.79 Å². The van der Waals surface area contributed by atoms with Crippen LogP contribution in [0.3, 0.4) is 0 Å². The highest BCUT2D eigenvalue weighted by Gasteiger charge is 2.34. The molecule has 0 bridgehead atoms. The lowest BCUT2D eigenvalue weighted by Gasteiger charge is -2.37. The molecule has 1 heterocycles. The second-order valence-electron chi connectivity index (χ2n) is 7.22. The van der Waals surface area contributed by atoms with Gasteiger partial charge in [0, 0.05) is 43.9 Å². The number of benzene rings is 1. The molecule has 1 aliphatic rings. The average molecular weight is 502 g/mol. The number of hydrogen-bond acceptors (Lipinski definition) is 6. The molecule has 0 saturated carbocycles. The van der Waals surface area contributed by atoms with E-state index in [0.29, 0.717) is 48.9 Å². The van der Waals surface area contributed by atoms with Gasteiger partial charge in [0.15, 0.2) is 0 Å². The lowest BCUT2D eigenvalue weighted by atomic mass is 10.0.